The van der Waals surface area contributed by atoms with E-state index in [9.17, 15) is 28.4 Å². The van der Waals surface area contributed by atoms with Gasteiger partial charge in [0.2, 0.25) is 5.91 Å². The molecule has 1 atom stereocenters. The molecule has 2 rings (SSSR count). The Bertz CT molecular complexity index is 1060. The Balaban J connectivity index is 2.18. The van der Waals surface area contributed by atoms with E-state index in [1.165, 1.54) is 18.3 Å². The number of amides is 2. The molecule has 0 fully saturated rings. The van der Waals surface area contributed by atoms with Crippen LogP contribution in [0.5, 0.6) is 0 Å². The normalized spacial score (nSPS) is 11.5. The maximum Gasteiger partial charge on any atom is 0.305 e. The number of alkyl halides is 1. The van der Waals surface area contributed by atoms with E-state index >= 15 is 0 Å². The van der Waals surface area contributed by atoms with Crippen LogP contribution in [0.15, 0.2) is 41.3 Å². The lowest BCUT2D eigenvalue weighted by atomic mass is 10.0. The summed E-state index contributed by atoms with van der Waals surface area (Å²) in [5.74, 6) is -3.81. The Kier molecular flexibility index (Phi) is 7.78. The number of hydrogen-bond donors (Lipinski definition) is 3. The molecule has 3 N–H and O–H groups in total. The van der Waals surface area contributed by atoms with Gasteiger partial charge in [-0.05, 0) is 37.1 Å². The maximum atomic E-state index is 12.6. The fourth-order valence-electron chi connectivity index (χ4n) is 3.02. The van der Waals surface area contributed by atoms with Crippen LogP contribution in [0.25, 0.3) is 0 Å². The highest BCUT2D eigenvalue weighted by atomic mass is 19.1. The Labute approximate surface area is 176 Å². The first-order valence-corrected chi connectivity index (χ1v) is 9.31. The highest BCUT2D eigenvalue weighted by molar-refractivity contribution is 6.06. The van der Waals surface area contributed by atoms with Gasteiger partial charge in [0.25, 0.3) is 11.5 Å². The van der Waals surface area contributed by atoms with Crippen molar-refractivity contribution in [2.45, 2.75) is 32.9 Å². The lowest BCUT2D eigenvalue weighted by molar-refractivity contribution is -0.140. The number of rotatable bonds is 9. The Morgan fingerprint density at radius 3 is 2.32 bits per heavy atom. The molecule has 0 aliphatic carbocycles. The molecule has 1 heterocycles. The first-order chi connectivity index (χ1) is 14.6. The van der Waals surface area contributed by atoms with Gasteiger partial charge in [-0.1, -0.05) is 18.2 Å². The number of nitrogens with one attached hydrogen (secondary N) is 2. The van der Waals surface area contributed by atoms with Crippen molar-refractivity contribution in [3.8, 4) is 0 Å². The van der Waals surface area contributed by atoms with Gasteiger partial charge in [-0.25, -0.2) is 4.39 Å². The summed E-state index contributed by atoms with van der Waals surface area (Å²) in [6.45, 7) is 1.54. The van der Waals surface area contributed by atoms with Gasteiger partial charge in [0.05, 0.1) is 6.42 Å². The van der Waals surface area contributed by atoms with Crippen molar-refractivity contribution in [3.05, 3.63) is 63.6 Å². The Hall–Kier alpha value is -3.82. The summed E-state index contributed by atoms with van der Waals surface area (Å²) in [7, 11) is 0. The van der Waals surface area contributed by atoms with E-state index in [0.29, 0.717) is 5.56 Å². The third-order valence-electron chi connectivity index (χ3n) is 4.52. The van der Waals surface area contributed by atoms with E-state index in [2.05, 4.69) is 10.6 Å². The van der Waals surface area contributed by atoms with Gasteiger partial charge in [0, 0.05) is 11.8 Å². The van der Waals surface area contributed by atoms with Crippen LogP contribution < -0.4 is 16.2 Å². The number of carbonyl (C=O) groups excluding carboxylic acids is 3. The number of aryl methyl sites for hydroxylation is 2. The molecule has 0 saturated carbocycles. The van der Waals surface area contributed by atoms with Crippen molar-refractivity contribution in [1.82, 2.24) is 9.88 Å². The van der Waals surface area contributed by atoms with Crippen molar-refractivity contribution in [1.29, 1.82) is 0 Å². The van der Waals surface area contributed by atoms with Crippen LogP contribution in [0.3, 0.4) is 0 Å². The molecular weight excluding hydrogens is 409 g/mol. The number of aromatic nitrogens is 1. The summed E-state index contributed by atoms with van der Waals surface area (Å²) < 4.78 is 13.6. The molecule has 0 radical (unpaired) electrons. The standard InChI is InChI=1S/C21H22FN3O6/c1-12-5-3-6-13(2)19(12)20(30)24-14-7-4-8-25(21(14)31)11-17(27)23-15(9-18(28)29)16(26)10-22/h3-8,15H,9-11H2,1-2H3,(H,23,27)(H,24,30)(H,28,29). The molecule has 1 unspecified atom stereocenters. The average Bonchev–Trinajstić information content (AvgIpc) is 2.69. The van der Waals surface area contributed by atoms with E-state index in [4.69, 9.17) is 5.11 Å². The first kappa shape index (κ1) is 23.5. The highest BCUT2D eigenvalue weighted by Gasteiger charge is 2.24. The fourth-order valence-corrected chi connectivity index (χ4v) is 3.02. The maximum absolute atomic E-state index is 12.6. The van der Waals surface area contributed by atoms with Crippen molar-refractivity contribution in [3.63, 3.8) is 0 Å². The summed E-state index contributed by atoms with van der Waals surface area (Å²) >= 11 is 0. The molecule has 10 heteroatoms. The molecule has 0 spiro atoms. The third-order valence-corrected chi connectivity index (χ3v) is 4.52. The second-order valence-corrected chi connectivity index (χ2v) is 6.89. The summed E-state index contributed by atoms with van der Waals surface area (Å²) in [6.07, 6.45) is 0.509. The fraction of sp³-hybridized carbons (Fsp3) is 0.286. The summed E-state index contributed by atoms with van der Waals surface area (Å²) in [4.78, 5) is 59.8. The number of Topliss-reactive ketones (excluding diaryl/α,β-unsaturated/α-hetero) is 1. The van der Waals surface area contributed by atoms with Gasteiger partial charge in [-0.3, -0.25) is 24.0 Å². The number of carboxylic acids is 1. The number of nitrogens with zero attached hydrogens (tertiary/aromatic N) is 1. The van der Waals surface area contributed by atoms with Gasteiger partial charge in [-0.15, -0.1) is 0 Å². The highest BCUT2D eigenvalue weighted by Crippen LogP contribution is 2.15. The van der Waals surface area contributed by atoms with Gasteiger partial charge < -0.3 is 20.3 Å². The predicted molar refractivity (Wildman–Crippen MR) is 110 cm³/mol. The van der Waals surface area contributed by atoms with Crippen LogP contribution in [0, 0.1) is 13.8 Å². The molecule has 31 heavy (non-hydrogen) atoms. The van der Waals surface area contributed by atoms with E-state index < -0.39 is 54.8 Å². The smallest absolute Gasteiger partial charge is 0.305 e. The minimum atomic E-state index is -1.54. The largest absolute Gasteiger partial charge is 0.481 e. The zero-order valence-corrected chi connectivity index (χ0v) is 17.0. The van der Waals surface area contributed by atoms with Crippen LogP contribution in [-0.2, 0) is 20.9 Å². The number of carbonyl (C=O) groups is 4. The topological polar surface area (TPSA) is 135 Å². The molecule has 0 aliphatic rings. The Morgan fingerprint density at radius 1 is 1.10 bits per heavy atom. The molecule has 164 valence electrons. The van der Waals surface area contributed by atoms with E-state index in [1.807, 2.05) is 0 Å². The second-order valence-electron chi connectivity index (χ2n) is 6.89. The summed E-state index contributed by atoms with van der Waals surface area (Å²) in [5.41, 5.74) is 1.15. The van der Waals surface area contributed by atoms with Crippen LogP contribution in [0.2, 0.25) is 0 Å². The van der Waals surface area contributed by atoms with Crippen LogP contribution in [0.4, 0.5) is 10.1 Å². The number of ketones is 1. The Morgan fingerprint density at radius 2 is 1.74 bits per heavy atom. The van der Waals surface area contributed by atoms with Crippen LogP contribution >= 0.6 is 0 Å². The molecule has 1 aromatic carbocycles. The molecule has 2 aromatic rings. The lowest BCUT2D eigenvalue weighted by Gasteiger charge is -2.15. The average molecular weight is 431 g/mol. The van der Waals surface area contributed by atoms with Crippen LogP contribution in [0.1, 0.15) is 27.9 Å². The summed E-state index contributed by atoms with van der Waals surface area (Å²) in [5, 5.41) is 13.5. The van der Waals surface area contributed by atoms with Gasteiger partial charge in [0.1, 0.15) is 24.9 Å². The molecule has 0 bridgehead atoms. The quantitative estimate of drug-likeness (QED) is 0.546. The van der Waals surface area contributed by atoms with Crippen molar-refractivity contribution in [2.75, 3.05) is 12.0 Å². The molecule has 2 amide bonds. The minimum Gasteiger partial charge on any atom is -0.481 e. The zero-order valence-electron chi connectivity index (χ0n) is 17.0. The molecule has 1 aromatic heterocycles. The molecule has 0 saturated heterocycles. The third kappa shape index (κ3) is 6.08. The van der Waals surface area contributed by atoms with Gasteiger partial charge >= 0.3 is 5.97 Å². The molecule has 0 aliphatic heterocycles. The van der Waals surface area contributed by atoms with Gasteiger partial charge in [-0.2, -0.15) is 0 Å². The predicted octanol–water partition coefficient (Wildman–Crippen LogP) is 1.22. The van der Waals surface area contributed by atoms with Gasteiger partial charge in [0.15, 0.2) is 5.78 Å². The van der Waals surface area contributed by atoms with E-state index in [1.54, 1.807) is 32.0 Å². The monoisotopic (exact) mass is 431 g/mol. The van der Waals surface area contributed by atoms with Crippen LogP contribution in [-0.4, -0.2) is 46.0 Å². The number of carboxylic acid groups (broad SMARTS) is 1. The number of pyridine rings is 1. The number of aliphatic carboxylic acids is 1. The number of halogens is 1. The number of hydrogen-bond acceptors (Lipinski definition) is 5. The SMILES string of the molecule is Cc1cccc(C)c1C(=O)Nc1cccn(CC(=O)NC(CC(=O)O)C(=O)CF)c1=O. The van der Waals surface area contributed by atoms with Crippen molar-refractivity contribution >= 4 is 29.3 Å². The lowest BCUT2D eigenvalue weighted by Crippen LogP contribution is -2.45. The first-order valence-electron chi connectivity index (χ1n) is 9.31. The minimum absolute atomic E-state index is 0.0649. The molecular formula is C21H22FN3O6. The zero-order chi connectivity index (χ0) is 23.1. The second kappa shape index (κ2) is 10.3. The molecule has 9 nitrogen and oxygen atoms in total. The van der Waals surface area contributed by atoms with E-state index in [0.717, 1.165) is 15.7 Å². The number of anilines is 1. The van der Waals surface area contributed by atoms with E-state index in [-0.39, 0.29) is 5.69 Å². The van der Waals surface area contributed by atoms with Crippen molar-refractivity contribution in [2.24, 2.45) is 0 Å². The van der Waals surface area contributed by atoms with Crippen molar-refractivity contribution < 1.29 is 28.7 Å². The summed E-state index contributed by atoms with van der Waals surface area (Å²) in [6, 6.07) is 6.61. The number of benzene rings is 1.